The molecule has 0 aromatic heterocycles. The number of carboxylic acids is 1. The van der Waals surface area contributed by atoms with Gasteiger partial charge in [0, 0.05) is 18.1 Å². The number of halogens is 4. The zero-order chi connectivity index (χ0) is 22.1. The van der Waals surface area contributed by atoms with Crippen molar-refractivity contribution in [2.24, 2.45) is 5.92 Å². The van der Waals surface area contributed by atoms with Gasteiger partial charge in [0.05, 0.1) is 11.8 Å². The van der Waals surface area contributed by atoms with Crippen molar-refractivity contribution < 1.29 is 23.1 Å². The van der Waals surface area contributed by atoms with Gasteiger partial charge in [0.2, 0.25) is 0 Å². The number of benzene rings is 2. The molecule has 3 nitrogen and oxygen atoms in total. The fourth-order valence-corrected chi connectivity index (χ4v) is 4.10. The normalized spacial score (nSPS) is 18.5. The van der Waals surface area contributed by atoms with E-state index in [2.05, 4.69) is 4.90 Å². The molecule has 1 aliphatic heterocycles. The van der Waals surface area contributed by atoms with Crippen LogP contribution in [0, 0.1) is 19.8 Å². The number of alkyl halides is 3. The molecule has 2 aromatic carbocycles. The Morgan fingerprint density at radius 3 is 2.53 bits per heavy atom. The molecule has 0 amide bonds. The van der Waals surface area contributed by atoms with Crippen molar-refractivity contribution in [3.8, 4) is 0 Å². The van der Waals surface area contributed by atoms with Crippen LogP contribution in [0.1, 0.15) is 40.2 Å². The summed E-state index contributed by atoms with van der Waals surface area (Å²) in [6.45, 7) is 5.31. The monoisotopic (exact) mass is 439 g/mol. The van der Waals surface area contributed by atoms with E-state index in [9.17, 15) is 23.1 Å². The van der Waals surface area contributed by atoms with Crippen LogP contribution in [-0.2, 0) is 17.8 Å². The topological polar surface area (TPSA) is 40.5 Å². The highest BCUT2D eigenvalue weighted by Crippen LogP contribution is 2.38. The maximum Gasteiger partial charge on any atom is 0.396 e. The lowest BCUT2D eigenvalue weighted by Crippen LogP contribution is -2.24. The van der Waals surface area contributed by atoms with Gasteiger partial charge in [0.1, 0.15) is 0 Å². The Morgan fingerprint density at radius 2 is 1.93 bits per heavy atom. The maximum absolute atomic E-state index is 13.9. The number of rotatable bonds is 6. The Morgan fingerprint density at radius 1 is 1.20 bits per heavy atom. The van der Waals surface area contributed by atoms with Crippen molar-refractivity contribution in [1.82, 2.24) is 4.90 Å². The highest BCUT2D eigenvalue weighted by molar-refractivity contribution is 6.31. The summed E-state index contributed by atoms with van der Waals surface area (Å²) >= 11 is 5.99. The Balaban J connectivity index is 1.81. The van der Waals surface area contributed by atoms with Crippen LogP contribution in [0.3, 0.4) is 0 Å². The summed E-state index contributed by atoms with van der Waals surface area (Å²) in [7, 11) is 0. The first-order valence-electron chi connectivity index (χ1n) is 9.91. The highest BCUT2D eigenvalue weighted by Gasteiger charge is 2.40. The number of nitrogens with zero attached hydrogens (tertiary/aromatic N) is 1. The van der Waals surface area contributed by atoms with E-state index >= 15 is 0 Å². The van der Waals surface area contributed by atoms with Crippen LogP contribution in [0.25, 0.3) is 0 Å². The molecule has 0 aliphatic carbocycles. The molecule has 0 bridgehead atoms. The van der Waals surface area contributed by atoms with E-state index < -0.39 is 18.1 Å². The molecule has 2 atom stereocenters. The van der Waals surface area contributed by atoms with E-state index in [-0.39, 0.29) is 17.9 Å². The van der Waals surface area contributed by atoms with Gasteiger partial charge < -0.3 is 5.11 Å². The lowest BCUT2D eigenvalue weighted by molar-refractivity contribution is -0.150. The molecule has 2 aromatic rings. The van der Waals surface area contributed by atoms with Crippen LogP contribution in [0.2, 0.25) is 5.02 Å². The first-order valence-corrected chi connectivity index (χ1v) is 10.3. The van der Waals surface area contributed by atoms with Gasteiger partial charge in [-0.25, -0.2) is 0 Å². The van der Waals surface area contributed by atoms with Crippen LogP contribution in [0.4, 0.5) is 13.2 Å². The van der Waals surface area contributed by atoms with Gasteiger partial charge in [0.15, 0.2) is 0 Å². The summed E-state index contributed by atoms with van der Waals surface area (Å²) in [6, 6.07) is 9.87. The van der Waals surface area contributed by atoms with Crippen molar-refractivity contribution in [1.29, 1.82) is 0 Å². The molecule has 1 heterocycles. The van der Waals surface area contributed by atoms with Gasteiger partial charge in [-0.2, -0.15) is 13.2 Å². The fraction of sp³-hybridized carbons (Fsp3) is 0.435. The molecule has 0 unspecified atom stereocenters. The maximum atomic E-state index is 13.9. The quantitative estimate of drug-likeness (QED) is 0.622. The van der Waals surface area contributed by atoms with E-state index in [1.807, 2.05) is 19.1 Å². The first-order chi connectivity index (χ1) is 14.0. The smallest absolute Gasteiger partial charge is 0.396 e. The predicted molar refractivity (Wildman–Crippen MR) is 111 cm³/mol. The Bertz CT molecular complexity index is 929. The molecule has 3 rings (SSSR count). The number of carbonyl (C=O) groups is 1. The predicted octanol–water partition coefficient (Wildman–Crippen LogP) is 5.75. The third kappa shape index (κ3) is 5.35. The number of aliphatic carboxylic acids is 1. The van der Waals surface area contributed by atoms with Crippen LogP contribution in [0.15, 0.2) is 36.4 Å². The standard InChI is InChI=1S/C23H25ClF3NO2/c1-14-3-4-16(10-19(14)13-28-8-7-18(12-28)22(29)30)11-20(23(25,26)27)17-5-6-21(24)15(2)9-17/h3-6,9-10,18,20H,7-8,11-13H2,1-2H3,(H,29,30)/t18-,20+/m1/s1. The van der Waals surface area contributed by atoms with Crippen LogP contribution >= 0.6 is 11.6 Å². The van der Waals surface area contributed by atoms with Gasteiger partial charge >= 0.3 is 12.1 Å². The summed E-state index contributed by atoms with van der Waals surface area (Å²) < 4.78 is 41.6. The molecule has 1 N–H and O–H groups in total. The van der Waals surface area contributed by atoms with Crippen LogP contribution < -0.4 is 0 Å². The lowest BCUT2D eigenvalue weighted by Gasteiger charge is -2.23. The van der Waals surface area contributed by atoms with Crippen molar-refractivity contribution in [2.45, 2.75) is 45.3 Å². The SMILES string of the molecule is Cc1cc([C@H](Cc2ccc(C)c(CN3CC[C@@H](C(=O)O)C3)c2)C(F)(F)F)ccc1Cl. The minimum atomic E-state index is -4.38. The molecule has 162 valence electrons. The lowest BCUT2D eigenvalue weighted by atomic mass is 9.89. The number of carboxylic acid groups (broad SMARTS) is 1. The zero-order valence-electron chi connectivity index (χ0n) is 17.0. The largest absolute Gasteiger partial charge is 0.481 e. The third-order valence-electron chi connectivity index (χ3n) is 5.85. The van der Waals surface area contributed by atoms with E-state index in [1.54, 1.807) is 13.0 Å². The van der Waals surface area contributed by atoms with Crippen molar-refractivity contribution in [3.63, 3.8) is 0 Å². The van der Waals surface area contributed by atoms with Gasteiger partial charge in [-0.3, -0.25) is 9.69 Å². The van der Waals surface area contributed by atoms with E-state index in [4.69, 9.17) is 11.6 Å². The molecule has 30 heavy (non-hydrogen) atoms. The summed E-state index contributed by atoms with van der Waals surface area (Å²) in [5.41, 5.74) is 3.36. The molecule has 0 radical (unpaired) electrons. The molecular weight excluding hydrogens is 415 g/mol. The molecular formula is C23H25ClF3NO2. The average molecular weight is 440 g/mol. The average Bonchev–Trinajstić information content (AvgIpc) is 3.12. The molecule has 1 fully saturated rings. The molecule has 0 spiro atoms. The molecule has 1 aliphatic rings. The van der Waals surface area contributed by atoms with E-state index in [0.717, 1.165) is 11.1 Å². The first kappa shape index (κ1) is 22.6. The summed E-state index contributed by atoms with van der Waals surface area (Å²) in [5.74, 6) is -2.79. The molecule has 1 saturated heterocycles. The minimum absolute atomic E-state index is 0.157. The Hall–Kier alpha value is -2.05. The fourth-order valence-electron chi connectivity index (χ4n) is 3.98. The summed E-state index contributed by atoms with van der Waals surface area (Å²) in [6.07, 6.45) is -3.94. The number of aryl methyl sites for hydroxylation is 2. The van der Waals surface area contributed by atoms with Crippen LogP contribution in [-0.4, -0.2) is 35.2 Å². The van der Waals surface area contributed by atoms with Crippen molar-refractivity contribution >= 4 is 17.6 Å². The second-order valence-electron chi connectivity index (χ2n) is 8.13. The summed E-state index contributed by atoms with van der Waals surface area (Å²) in [5, 5.41) is 9.62. The minimum Gasteiger partial charge on any atom is -0.481 e. The number of hydrogen-bond donors (Lipinski definition) is 1. The van der Waals surface area contributed by atoms with E-state index in [1.165, 1.54) is 18.2 Å². The number of hydrogen-bond acceptors (Lipinski definition) is 2. The second-order valence-corrected chi connectivity index (χ2v) is 8.53. The zero-order valence-corrected chi connectivity index (χ0v) is 17.7. The molecule has 7 heteroatoms. The Labute approximate surface area is 179 Å². The molecule has 0 saturated carbocycles. The second kappa shape index (κ2) is 8.98. The van der Waals surface area contributed by atoms with Gasteiger partial charge in [0.25, 0.3) is 0 Å². The van der Waals surface area contributed by atoms with Gasteiger partial charge in [-0.05, 0) is 67.1 Å². The van der Waals surface area contributed by atoms with Crippen molar-refractivity contribution in [3.05, 3.63) is 69.2 Å². The van der Waals surface area contributed by atoms with Gasteiger partial charge in [-0.1, -0.05) is 41.9 Å². The van der Waals surface area contributed by atoms with Crippen molar-refractivity contribution in [2.75, 3.05) is 13.1 Å². The number of likely N-dealkylation sites (tertiary alicyclic amines) is 1. The summed E-state index contributed by atoms with van der Waals surface area (Å²) in [4.78, 5) is 13.2. The highest BCUT2D eigenvalue weighted by atomic mass is 35.5. The van der Waals surface area contributed by atoms with E-state index in [0.29, 0.717) is 42.2 Å². The third-order valence-corrected chi connectivity index (χ3v) is 6.27. The van der Waals surface area contributed by atoms with Gasteiger partial charge in [-0.15, -0.1) is 0 Å². The van der Waals surface area contributed by atoms with Crippen LogP contribution in [0.5, 0.6) is 0 Å². The Kier molecular flexibility index (Phi) is 6.78.